The molecule has 0 fully saturated rings. The third-order valence-corrected chi connectivity index (χ3v) is 4.59. The second-order valence-corrected chi connectivity index (χ2v) is 6.77. The lowest BCUT2D eigenvalue weighted by Crippen LogP contribution is -2.03. The van der Waals surface area contributed by atoms with E-state index in [9.17, 15) is 0 Å². The van der Waals surface area contributed by atoms with Crippen LogP contribution in [0.4, 0.5) is 5.69 Å². The van der Waals surface area contributed by atoms with E-state index in [1.807, 2.05) is 42.5 Å². The van der Waals surface area contributed by atoms with Gasteiger partial charge < -0.3 is 14.8 Å². The lowest BCUT2D eigenvalue weighted by atomic mass is 10.2. The van der Waals surface area contributed by atoms with Gasteiger partial charge in [0, 0.05) is 12.2 Å². The Morgan fingerprint density at radius 2 is 1.56 bits per heavy atom. The lowest BCUT2D eigenvalue weighted by Gasteiger charge is -2.15. The molecule has 0 heterocycles. The molecule has 25 heavy (non-hydrogen) atoms. The summed E-state index contributed by atoms with van der Waals surface area (Å²) in [5, 5.41) is 3.42. The number of rotatable bonds is 7. The first-order valence-electron chi connectivity index (χ1n) is 8.08. The van der Waals surface area contributed by atoms with Crippen LogP contribution in [-0.4, -0.2) is 7.11 Å². The Bertz CT molecular complexity index is 807. The molecule has 0 spiro atoms. The molecular weight excluding hydrogens is 425 g/mol. The van der Waals surface area contributed by atoms with Crippen molar-refractivity contribution in [1.29, 1.82) is 0 Å². The van der Waals surface area contributed by atoms with Crippen molar-refractivity contribution in [2.45, 2.75) is 13.2 Å². The fourth-order valence-corrected chi connectivity index (χ4v) is 3.33. The maximum Gasteiger partial charge on any atom is 0.174 e. The Balaban J connectivity index is 1.71. The van der Waals surface area contributed by atoms with Crippen molar-refractivity contribution >= 4 is 28.3 Å². The van der Waals surface area contributed by atoms with Gasteiger partial charge in [0.2, 0.25) is 0 Å². The molecule has 0 aliphatic rings. The highest BCUT2D eigenvalue weighted by Crippen LogP contribution is 2.34. The summed E-state index contributed by atoms with van der Waals surface area (Å²) in [4.78, 5) is 0. The maximum absolute atomic E-state index is 6.01. The molecule has 0 saturated heterocycles. The van der Waals surface area contributed by atoms with E-state index in [2.05, 4.69) is 58.2 Å². The van der Waals surface area contributed by atoms with Crippen LogP contribution >= 0.6 is 22.6 Å². The summed E-state index contributed by atoms with van der Waals surface area (Å²) >= 11 is 2.30. The van der Waals surface area contributed by atoms with Crippen molar-refractivity contribution in [2.24, 2.45) is 0 Å². The molecule has 1 N–H and O–H groups in total. The highest BCUT2D eigenvalue weighted by Gasteiger charge is 2.12. The largest absolute Gasteiger partial charge is 0.493 e. The number of para-hydroxylation sites is 1. The highest BCUT2D eigenvalue weighted by atomic mass is 127. The molecule has 128 valence electrons. The highest BCUT2D eigenvalue weighted by molar-refractivity contribution is 14.1. The van der Waals surface area contributed by atoms with E-state index in [0.29, 0.717) is 6.61 Å². The molecule has 3 nitrogen and oxygen atoms in total. The normalized spacial score (nSPS) is 10.3. The average molecular weight is 445 g/mol. The quantitative estimate of drug-likeness (QED) is 0.488. The van der Waals surface area contributed by atoms with Gasteiger partial charge in [0.1, 0.15) is 6.61 Å². The molecule has 0 amide bonds. The standard InChI is InChI=1S/C21H20INO2/c1-24-20-13-17(14-23-18-10-6-3-7-11-18)12-19(22)21(20)25-15-16-8-4-2-5-9-16/h2-13,23H,14-15H2,1H3. The number of anilines is 1. The number of methoxy groups -OCH3 is 1. The van der Waals surface area contributed by atoms with Crippen LogP contribution in [0, 0.1) is 3.57 Å². The summed E-state index contributed by atoms with van der Waals surface area (Å²) in [6.07, 6.45) is 0. The van der Waals surface area contributed by atoms with Gasteiger partial charge in [0.15, 0.2) is 11.5 Å². The van der Waals surface area contributed by atoms with Crippen molar-refractivity contribution in [1.82, 2.24) is 0 Å². The number of halogens is 1. The van der Waals surface area contributed by atoms with Gasteiger partial charge in [-0.2, -0.15) is 0 Å². The van der Waals surface area contributed by atoms with Crippen molar-refractivity contribution in [2.75, 3.05) is 12.4 Å². The predicted molar refractivity (Wildman–Crippen MR) is 110 cm³/mol. The second-order valence-electron chi connectivity index (χ2n) is 5.60. The Morgan fingerprint density at radius 1 is 0.880 bits per heavy atom. The van der Waals surface area contributed by atoms with Gasteiger partial charge in [-0.1, -0.05) is 48.5 Å². The maximum atomic E-state index is 6.01. The van der Waals surface area contributed by atoms with Gasteiger partial charge >= 0.3 is 0 Å². The molecule has 0 aromatic heterocycles. The summed E-state index contributed by atoms with van der Waals surface area (Å²) in [6, 6.07) is 24.4. The van der Waals surface area contributed by atoms with Crippen molar-refractivity contribution in [3.8, 4) is 11.5 Å². The number of ether oxygens (including phenoxy) is 2. The van der Waals surface area contributed by atoms with Crippen LogP contribution in [0.25, 0.3) is 0 Å². The van der Waals surface area contributed by atoms with E-state index >= 15 is 0 Å². The predicted octanol–water partition coefficient (Wildman–Crippen LogP) is 5.49. The van der Waals surface area contributed by atoms with E-state index in [-0.39, 0.29) is 0 Å². The van der Waals surface area contributed by atoms with E-state index < -0.39 is 0 Å². The van der Waals surface area contributed by atoms with Gasteiger partial charge in [-0.05, 0) is 58.0 Å². The summed E-state index contributed by atoms with van der Waals surface area (Å²) in [6.45, 7) is 1.25. The molecule has 3 rings (SSSR count). The van der Waals surface area contributed by atoms with Crippen molar-refractivity contribution < 1.29 is 9.47 Å². The topological polar surface area (TPSA) is 30.5 Å². The minimum absolute atomic E-state index is 0.523. The Hall–Kier alpha value is -2.21. The van der Waals surface area contributed by atoms with Crippen LogP contribution in [0.5, 0.6) is 11.5 Å². The molecule has 0 unspecified atom stereocenters. The number of hydrogen-bond acceptors (Lipinski definition) is 3. The number of benzene rings is 3. The molecule has 3 aromatic rings. The third-order valence-electron chi connectivity index (χ3n) is 3.79. The minimum Gasteiger partial charge on any atom is -0.493 e. The molecule has 0 saturated carbocycles. The summed E-state index contributed by atoms with van der Waals surface area (Å²) < 4.78 is 12.6. The number of nitrogens with one attached hydrogen (secondary N) is 1. The van der Waals surface area contributed by atoms with Crippen LogP contribution in [0.3, 0.4) is 0 Å². The SMILES string of the molecule is COc1cc(CNc2ccccc2)cc(I)c1OCc1ccccc1. The Labute approximate surface area is 162 Å². The second kappa shape index (κ2) is 8.76. The van der Waals surface area contributed by atoms with Crippen molar-refractivity contribution in [3.63, 3.8) is 0 Å². The number of hydrogen-bond donors (Lipinski definition) is 1. The zero-order valence-electron chi connectivity index (χ0n) is 14.0. The Kier molecular flexibility index (Phi) is 6.17. The van der Waals surface area contributed by atoms with Gasteiger partial charge in [0.05, 0.1) is 10.7 Å². The van der Waals surface area contributed by atoms with Gasteiger partial charge in [0.25, 0.3) is 0 Å². The zero-order valence-corrected chi connectivity index (χ0v) is 16.2. The molecule has 3 aromatic carbocycles. The molecule has 0 atom stereocenters. The van der Waals surface area contributed by atoms with E-state index in [4.69, 9.17) is 9.47 Å². The smallest absolute Gasteiger partial charge is 0.174 e. The molecule has 0 radical (unpaired) electrons. The van der Waals surface area contributed by atoms with E-state index in [1.165, 1.54) is 0 Å². The molecule has 4 heteroatoms. The lowest BCUT2D eigenvalue weighted by molar-refractivity contribution is 0.282. The first-order chi connectivity index (χ1) is 12.3. The molecule has 0 bridgehead atoms. The fourth-order valence-electron chi connectivity index (χ4n) is 2.51. The van der Waals surface area contributed by atoms with Gasteiger partial charge in [-0.15, -0.1) is 0 Å². The van der Waals surface area contributed by atoms with Crippen LogP contribution in [0.1, 0.15) is 11.1 Å². The van der Waals surface area contributed by atoms with Gasteiger partial charge in [-0.3, -0.25) is 0 Å². The van der Waals surface area contributed by atoms with Crippen LogP contribution in [0.2, 0.25) is 0 Å². The average Bonchev–Trinajstić information content (AvgIpc) is 2.66. The summed E-state index contributed by atoms with van der Waals surface area (Å²) in [5.41, 5.74) is 3.38. The third kappa shape index (κ3) is 4.89. The van der Waals surface area contributed by atoms with E-state index in [1.54, 1.807) is 7.11 Å². The molecule has 0 aliphatic carbocycles. The molecule has 0 aliphatic heterocycles. The summed E-state index contributed by atoms with van der Waals surface area (Å²) in [7, 11) is 1.68. The zero-order chi connectivity index (χ0) is 17.5. The van der Waals surface area contributed by atoms with Crippen LogP contribution in [0.15, 0.2) is 72.8 Å². The first kappa shape index (κ1) is 17.6. The van der Waals surface area contributed by atoms with Crippen molar-refractivity contribution in [3.05, 3.63) is 87.5 Å². The van der Waals surface area contributed by atoms with Crippen LogP contribution < -0.4 is 14.8 Å². The monoisotopic (exact) mass is 445 g/mol. The Morgan fingerprint density at radius 3 is 2.24 bits per heavy atom. The minimum atomic E-state index is 0.523. The van der Waals surface area contributed by atoms with Gasteiger partial charge in [-0.25, -0.2) is 0 Å². The first-order valence-corrected chi connectivity index (χ1v) is 9.16. The van der Waals surface area contributed by atoms with E-state index in [0.717, 1.165) is 38.4 Å². The van der Waals surface area contributed by atoms with Crippen LogP contribution in [-0.2, 0) is 13.2 Å². The molecular formula is C21H20INO2. The summed E-state index contributed by atoms with van der Waals surface area (Å²) in [5.74, 6) is 1.54. The fraction of sp³-hybridized carbons (Fsp3) is 0.143.